The second kappa shape index (κ2) is 4.79. The van der Waals surface area contributed by atoms with Gasteiger partial charge in [0.25, 0.3) is 0 Å². The monoisotopic (exact) mass is 291 g/mol. The Hall–Kier alpha value is -1.65. The van der Waals surface area contributed by atoms with E-state index in [9.17, 15) is 4.79 Å². The van der Waals surface area contributed by atoms with Crippen LogP contribution in [0.25, 0.3) is 15.6 Å². The number of nitrogens with zero attached hydrogens (tertiary/aromatic N) is 1. The Labute approximate surface area is 119 Å². The molecule has 0 radical (unpaired) electrons. The molecular formula is C14H10ClNO2S. The molecule has 0 aliphatic heterocycles. The standard InChI is InChI=1S/C14H10ClNO2S/c15-13-8-3-6-11(12-2-1-7-19-12)16-10(8)5-4-9(13)14(17)18/h1-3,6-7H,4-5H2,(H,17,18). The van der Waals surface area contributed by atoms with Crippen LogP contribution in [0.1, 0.15) is 17.7 Å². The van der Waals surface area contributed by atoms with Crippen LogP contribution in [0, 0.1) is 0 Å². The van der Waals surface area contributed by atoms with E-state index in [0.29, 0.717) is 17.9 Å². The zero-order valence-electron chi connectivity index (χ0n) is 9.89. The average molecular weight is 292 g/mol. The van der Waals surface area contributed by atoms with Gasteiger partial charge in [-0.2, -0.15) is 0 Å². The number of hydrogen-bond acceptors (Lipinski definition) is 3. The Bertz CT molecular complexity index is 677. The molecule has 0 fully saturated rings. The molecule has 0 bridgehead atoms. The summed E-state index contributed by atoms with van der Waals surface area (Å²) in [7, 11) is 0. The smallest absolute Gasteiger partial charge is 0.333 e. The van der Waals surface area contributed by atoms with Crippen LogP contribution in [0.2, 0.25) is 0 Å². The molecule has 0 saturated heterocycles. The van der Waals surface area contributed by atoms with E-state index in [2.05, 4.69) is 4.98 Å². The number of pyridine rings is 1. The summed E-state index contributed by atoms with van der Waals surface area (Å²) in [6, 6.07) is 7.75. The summed E-state index contributed by atoms with van der Waals surface area (Å²) in [5.41, 5.74) is 2.81. The van der Waals surface area contributed by atoms with Crippen molar-refractivity contribution in [3.63, 3.8) is 0 Å². The number of fused-ring (bicyclic) bond motifs is 1. The topological polar surface area (TPSA) is 50.2 Å². The fraction of sp³-hybridized carbons (Fsp3) is 0.143. The maximum atomic E-state index is 11.1. The molecule has 1 aliphatic rings. The molecule has 1 N–H and O–H groups in total. The number of carboxylic acid groups (broad SMARTS) is 1. The summed E-state index contributed by atoms with van der Waals surface area (Å²) >= 11 is 7.78. The lowest BCUT2D eigenvalue weighted by molar-refractivity contribution is -0.132. The van der Waals surface area contributed by atoms with Gasteiger partial charge in [-0.25, -0.2) is 4.79 Å². The third-order valence-corrected chi connectivity index (χ3v) is 4.44. The summed E-state index contributed by atoms with van der Waals surface area (Å²) in [6.45, 7) is 0. The molecular weight excluding hydrogens is 282 g/mol. The lowest BCUT2D eigenvalue weighted by Crippen LogP contribution is -2.11. The van der Waals surface area contributed by atoms with Gasteiger partial charge in [-0.3, -0.25) is 4.98 Å². The molecule has 0 unspecified atom stereocenters. The van der Waals surface area contributed by atoms with E-state index >= 15 is 0 Å². The predicted molar refractivity (Wildman–Crippen MR) is 76.3 cm³/mol. The molecule has 0 saturated carbocycles. The summed E-state index contributed by atoms with van der Waals surface area (Å²) in [5.74, 6) is -0.946. The minimum Gasteiger partial charge on any atom is -0.478 e. The number of carboxylic acids is 1. The van der Waals surface area contributed by atoms with E-state index in [4.69, 9.17) is 16.7 Å². The Balaban J connectivity index is 2.08. The zero-order valence-corrected chi connectivity index (χ0v) is 11.5. The average Bonchev–Trinajstić information content (AvgIpc) is 2.92. The van der Waals surface area contributed by atoms with Crippen LogP contribution >= 0.6 is 22.9 Å². The van der Waals surface area contributed by atoms with Gasteiger partial charge in [0.15, 0.2) is 0 Å². The summed E-state index contributed by atoms with van der Waals surface area (Å²) < 4.78 is 0. The first-order valence-electron chi connectivity index (χ1n) is 5.83. The van der Waals surface area contributed by atoms with E-state index in [1.54, 1.807) is 11.3 Å². The lowest BCUT2D eigenvalue weighted by atomic mass is 9.95. The molecule has 5 heteroatoms. The first-order chi connectivity index (χ1) is 9.16. The van der Waals surface area contributed by atoms with Gasteiger partial charge >= 0.3 is 5.97 Å². The highest BCUT2D eigenvalue weighted by molar-refractivity contribution is 7.13. The zero-order chi connectivity index (χ0) is 13.4. The Morgan fingerprint density at radius 3 is 2.84 bits per heavy atom. The van der Waals surface area contributed by atoms with Crippen molar-refractivity contribution in [3.05, 3.63) is 46.5 Å². The van der Waals surface area contributed by atoms with E-state index in [0.717, 1.165) is 21.8 Å². The van der Waals surface area contributed by atoms with Crippen LogP contribution < -0.4 is 0 Å². The van der Waals surface area contributed by atoms with Crippen molar-refractivity contribution in [2.45, 2.75) is 12.8 Å². The second-order valence-electron chi connectivity index (χ2n) is 4.27. The number of aromatic nitrogens is 1. The van der Waals surface area contributed by atoms with Crippen molar-refractivity contribution < 1.29 is 9.90 Å². The maximum absolute atomic E-state index is 11.1. The normalized spacial score (nSPS) is 14.4. The quantitative estimate of drug-likeness (QED) is 0.916. The summed E-state index contributed by atoms with van der Waals surface area (Å²) in [5, 5.41) is 11.4. The van der Waals surface area contributed by atoms with Crippen molar-refractivity contribution in [1.82, 2.24) is 4.98 Å². The van der Waals surface area contributed by atoms with Crippen LogP contribution in [0.3, 0.4) is 0 Å². The summed E-state index contributed by atoms with van der Waals surface area (Å²) in [4.78, 5) is 16.8. The molecule has 1 aliphatic carbocycles. The van der Waals surface area contributed by atoms with E-state index in [-0.39, 0.29) is 5.57 Å². The number of carbonyl (C=O) groups is 1. The molecule has 3 rings (SSSR count). The highest BCUT2D eigenvalue weighted by Crippen LogP contribution is 2.35. The third-order valence-electron chi connectivity index (χ3n) is 3.12. The van der Waals surface area contributed by atoms with Gasteiger partial charge in [-0.15, -0.1) is 11.3 Å². The first-order valence-corrected chi connectivity index (χ1v) is 7.08. The Morgan fingerprint density at radius 1 is 1.32 bits per heavy atom. The van der Waals surface area contributed by atoms with Gasteiger partial charge in [0.2, 0.25) is 0 Å². The van der Waals surface area contributed by atoms with Gasteiger partial charge in [0.1, 0.15) is 0 Å². The molecule has 2 aromatic rings. The molecule has 96 valence electrons. The van der Waals surface area contributed by atoms with Crippen LogP contribution in [-0.2, 0) is 11.2 Å². The number of halogens is 1. The lowest BCUT2D eigenvalue weighted by Gasteiger charge is -2.17. The van der Waals surface area contributed by atoms with E-state index in [1.165, 1.54) is 0 Å². The highest BCUT2D eigenvalue weighted by Gasteiger charge is 2.23. The van der Waals surface area contributed by atoms with Gasteiger partial charge in [-0.05, 0) is 36.4 Å². The van der Waals surface area contributed by atoms with E-state index < -0.39 is 5.97 Å². The van der Waals surface area contributed by atoms with Crippen LogP contribution in [0.15, 0.2) is 35.2 Å². The number of hydrogen-bond donors (Lipinski definition) is 1. The molecule has 0 atom stereocenters. The second-order valence-corrected chi connectivity index (χ2v) is 5.59. The first kappa shape index (κ1) is 12.4. The van der Waals surface area contributed by atoms with Gasteiger partial charge in [-0.1, -0.05) is 17.7 Å². The maximum Gasteiger partial charge on any atom is 0.333 e. The fourth-order valence-electron chi connectivity index (χ4n) is 2.17. The predicted octanol–water partition coefficient (Wildman–Crippen LogP) is 3.79. The van der Waals surface area contributed by atoms with Gasteiger partial charge < -0.3 is 5.11 Å². The van der Waals surface area contributed by atoms with Crippen LogP contribution in [0.4, 0.5) is 0 Å². The number of aliphatic carboxylic acids is 1. The number of aryl methyl sites for hydroxylation is 1. The van der Waals surface area contributed by atoms with Crippen LogP contribution in [-0.4, -0.2) is 16.1 Å². The largest absolute Gasteiger partial charge is 0.478 e. The molecule has 19 heavy (non-hydrogen) atoms. The minimum atomic E-state index is -0.946. The molecule has 0 aromatic carbocycles. The molecule has 0 amide bonds. The van der Waals surface area contributed by atoms with E-state index in [1.807, 2.05) is 29.6 Å². The number of thiophene rings is 1. The van der Waals surface area contributed by atoms with Crippen molar-refractivity contribution in [3.8, 4) is 10.6 Å². The highest BCUT2D eigenvalue weighted by atomic mass is 35.5. The summed E-state index contributed by atoms with van der Waals surface area (Å²) in [6.07, 6.45) is 1.05. The van der Waals surface area contributed by atoms with Crippen molar-refractivity contribution in [1.29, 1.82) is 0 Å². The molecule has 2 heterocycles. The molecule has 2 aromatic heterocycles. The fourth-order valence-corrected chi connectivity index (χ4v) is 3.21. The van der Waals surface area contributed by atoms with Gasteiger partial charge in [0, 0.05) is 5.56 Å². The number of rotatable bonds is 2. The van der Waals surface area contributed by atoms with Crippen molar-refractivity contribution >= 4 is 33.9 Å². The SMILES string of the molecule is O=C(O)C1=C(Cl)c2ccc(-c3cccs3)nc2CC1. The van der Waals surface area contributed by atoms with Crippen LogP contribution in [0.5, 0.6) is 0 Å². The minimum absolute atomic E-state index is 0.278. The van der Waals surface area contributed by atoms with Gasteiger partial charge in [0.05, 0.1) is 26.9 Å². The van der Waals surface area contributed by atoms with Crippen molar-refractivity contribution in [2.75, 3.05) is 0 Å². The third kappa shape index (κ3) is 2.17. The molecule has 0 spiro atoms. The molecule has 3 nitrogen and oxygen atoms in total. The van der Waals surface area contributed by atoms with Crippen molar-refractivity contribution in [2.24, 2.45) is 0 Å². The Kier molecular flexibility index (Phi) is 3.12. The Morgan fingerprint density at radius 2 is 2.16 bits per heavy atom.